The monoisotopic (exact) mass is 666 g/mol. The number of benzene rings is 4. The van der Waals surface area contributed by atoms with Crippen molar-refractivity contribution in [3.63, 3.8) is 0 Å². The summed E-state index contributed by atoms with van der Waals surface area (Å²) >= 11 is 5.33. The number of hydrogen-bond donors (Lipinski definition) is 0. The largest absolute Gasteiger partial charge is 0.416 e. The highest BCUT2D eigenvalue weighted by atomic mass is 127. The van der Waals surface area contributed by atoms with Crippen molar-refractivity contribution in [2.24, 2.45) is 0 Å². The molecule has 0 aromatic heterocycles. The lowest BCUT2D eigenvalue weighted by Gasteiger charge is -2.13. The van der Waals surface area contributed by atoms with E-state index in [9.17, 15) is 30.7 Å². The van der Waals surface area contributed by atoms with E-state index >= 15 is 0 Å². The lowest BCUT2D eigenvalue weighted by atomic mass is 9.93. The average molecular weight is 667 g/mol. The molecule has 0 aliphatic rings. The van der Waals surface area contributed by atoms with Gasteiger partial charge in [0.2, 0.25) is 0 Å². The van der Waals surface area contributed by atoms with Gasteiger partial charge in [-0.3, -0.25) is 0 Å². The molecule has 0 nitrogen and oxygen atoms in total. The smallest absolute Gasteiger partial charge is 0.207 e. The molecule has 0 radical (unpaired) electrons. The van der Waals surface area contributed by atoms with Crippen LogP contribution in [-0.4, -0.2) is 0 Å². The highest BCUT2D eigenvalue weighted by Gasteiger charge is 2.31. The summed E-state index contributed by atoms with van der Waals surface area (Å²) in [4.78, 5) is 0. The summed E-state index contributed by atoms with van der Waals surface area (Å²) in [6.07, 6.45) is -8.85. The minimum absolute atomic E-state index is 0.206. The molecule has 4 aromatic carbocycles. The fourth-order valence-corrected chi connectivity index (χ4v) is 3.82. The van der Waals surface area contributed by atoms with Gasteiger partial charge in [-0.2, -0.15) is 26.3 Å². The number of halogens is 9. The first kappa shape index (κ1) is 27.2. The van der Waals surface area contributed by atoms with Crippen molar-refractivity contribution in [1.82, 2.24) is 0 Å². The lowest BCUT2D eigenvalue weighted by molar-refractivity contribution is -0.138. The SMILES string of the molecule is FC(F)(F)c1ccc(-c2ccccc2-c2ccc(C(F)(F)F)cc2)cc1.Fc1ccc(I)c(Br)c1. The van der Waals surface area contributed by atoms with Crippen molar-refractivity contribution in [2.75, 3.05) is 0 Å². The van der Waals surface area contributed by atoms with E-state index in [1.165, 1.54) is 36.4 Å². The minimum Gasteiger partial charge on any atom is -0.207 e. The lowest BCUT2D eigenvalue weighted by Crippen LogP contribution is -2.04. The summed E-state index contributed by atoms with van der Waals surface area (Å²) in [6, 6.07) is 20.8. The summed E-state index contributed by atoms with van der Waals surface area (Å²) in [5, 5.41) is 0. The molecular weight excluding hydrogens is 652 g/mol. The summed E-state index contributed by atoms with van der Waals surface area (Å²) in [6.45, 7) is 0. The van der Waals surface area contributed by atoms with E-state index in [2.05, 4.69) is 38.5 Å². The molecule has 0 fully saturated rings. The van der Waals surface area contributed by atoms with Crippen LogP contribution in [0, 0.1) is 9.39 Å². The topological polar surface area (TPSA) is 0 Å². The molecule has 0 atom stereocenters. The maximum Gasteiger partial charge on any atom is 0.416 e. The second-order valence-corrected chi connectivity index (χ2v) is 9.27. The zero-order valence-electron chi connectivity index (χ0n) is 17.6. The van der Waals surface area contributed by atoms with E-state index in [1.807, 2.05) is 0 Å². The first-order valence-corrected chi connectivity index (χ1v) is 11.8. The molecule has 0 heterocycles. The summed E-state index contributed by atoms with van der Waals surface area (Å²) < 4.78 is 90.4. The van der Waals surface area contributed by atoms with E-state index in [0.29, 0.717) is 22.3 Å². The third kappa shape index (κ3) is 7.30. The third-order valence-corrected chi connectivity index (χ3v) is 7.19. The number of hydrogen-bond acceptors (Lipinski definition) is 0. The predicted octanol–water partition coefficient (Wildman–Crippen LogP) is 10.3. The molecule has 0 aliphatic heterocycles. The zero-order chi connectivity index (χ0) is 25.8. The highest BCUT2D eigenvalue weighted by molar-refractivity contribution is 14.1. The summed E-state index contributed by atoms with van der Waals surface area (Å²) in [7, 11) is 0. The van der Waals surface area contributed by atoms with E-state index in [1.54, 1.807) is 30.3 Å². The Morgan fingerprint density at radius 3 is 1.29 bits per heavy atom. The van der Waals surface area contributed by atoms with Crippen LogP contribution < -0.4 is 0 Å². The molecule has 0 aliphatic carbocycles. The van der Waals surface area contributed by atoms with Crippen LogP contribution in [0.5, 0.6) is 0 Å². The van der Waals surface area contributed by atoms with Gasteiger partial charge < -0.3 is 0 Å². The normalized spacial score (nSPS) is 11.6. The maximum atomic E-state index is 12.7. The van der Waals surface area contributed by atoms with Gasteiger partial charge in [-0.25, -0.2) is 4.39 Å². The molecule has 0 spiro atoms. The van der Waals surface area contributed by atoms with Crippen LogP contribution >= 0.6 is 38.5 Å². The molecular formula is C26H15BrF7I. The van der Waals surface area contributed by atoms with E-state index < -0.39 is 23.5 Å². The van der Waals surface area contributed by atoms with Gasteiger partial charge in [-0.1, -0.05) is 48.5 Å². The Morgan fingerprint density at radius 2 is 0.971 bits per heavy atom. The molecule has 35 heavy (non-hydrogen) atoms. The number of alkyl halides is 6. The zero-order valence-corrected chi connectivity index (χ0v) is 21.3. The predicted molar refractivity (Wildman–Crippen MR) is 134 cm³/mol. The molecule has 0 bridgehead atoms. The van der Waals surface area contributed by atoms with Crippen molar-refractivity contribution in [1.29, 1.82) is 0 Å². The Bertz CT molecular complexity index is 1200. The Kier molecular flexibility index (Phi) is 8.63. The fourth-order valence-electron chi connectivity index (χ4n) is 3.13. The van der Waals surface area contributed by atoms with Crippen molar-refractivity contribution < 1.29 is 30.7 Å². The van der Waals surface area contributed by atoms with Crippen LogP contribution in [0.4, 0.5) is 30.7 Å². The Hall–Kier alpha value is -2.40. The Balaban J connectivity index is 0.000000320. The fraction of sp³-hybridized carbons (Fsp3) is 0.0769. The van der Waals surface area contributed by atoms with E-state index in [4.69, 9.17) is 0 Å². The van der Waals surface area contributed by atoms with Gasteiger partial charge in [0.15, 0.2) is 0 Å². The standard InChI is InChI=1S/C20H12F6.C6H3BrFI/c21-19(22,23)15-9-5-13(6-10-15)17-3-1-2-4-18(17)14-7-11-16(12-8-14)20(24,25)26;7-5-3-4(8)1-2-6(5)9/h1-12H;1-3H. The van der Waals surface area contributed by atoms with Crippen LogP contribution in [0.3, 0.4) is 0 Å². The van der Waals surface area contributed by atoms with E-state index in [-0.39, 0.29) is 5.82 Å². The molecule has 0 unspecified atom stereocenters. The van der Waals surface area contributed by atoms with Gasteiger partial charge in [0, 0.05) is 8.04 Å². The quantitative estimate of drug-likeness (QED) is 0.113. The van der Waals surface area contributed by atoms with Crippen molar-refractivity contribution in [2.45, 2.75) is 12.4 Å². The van der Waals surface area contributed by atoms with Gasteiger partial charge in [0.25, 0.3) is 0 Å². The molecule has 4 rings (SSSR count). The molecule has 0 N–H and O–H groups in total. The number of rotatable bonds is 2. The molecule has 4 aromatic rings. The van der Waals surface area contributed by atoms with Crippen LogP contribution in [0.2, 0.25) is 0 Å². The van der Waals surface area contributed by atoms with Gasteiger partial charge >= 0.3 is 12.4 Å². The van der Waals surface area contributed by atoms with Crippen molar-refractivity contribution in [3.05, 3.63) is 116 Å². The first-order valence-electron chi connectivity index (χ1n) is 9.91. The summed E-state index contributed by atoms with van der Waals surface area (Å²) in [5.74, 6) is -0.206. The van der Waals surface area contributed by atoms with Crippen LogP contribution in [0.25, 0.3) is 22.3 Å². The van der Waals surface area contributed by atoms with Crippen molar-refractivity contribution in [3.8, 4) is 22.3 Å². The summed E-state index contributed by atoms with van der Waals surface area (Å²) in [5.41, 5.74) is 0.866. The van der Waals surface area contributed by atoms with Crippen LogP contribution in [0.15, 0.2) is 95.5 Å². The van der Waals surface area contributed by atoms with Crippen LogP contribution in [0.1, 0.15) is 11.1 Å². The molecule has 9 heteroatoms. The van der Waals surface area contributed by atoms with Crippen molar-refractivity contribution >= 4 is 38.5 Å². The molecule has 0 amide bonds. The average Bonchev–Trinajstić information content (AvgIpc) is 2.81. The molecule has 0 saturated carbocycles. The minimum atomic E-state index is -4.43. The Morgan fingerprint density at radius 1 is 0.571 bits per heavy atom. The second-order valence-electron chi connectivity index (χ2n) is 7.25. The van der Waals surface area contributed by atoms with Gasteiger partial charge in [-0.05, 0) is 103 Å². The Labute approximate surface area is 219 Å². The third-order valence-electron chi connectivity index (χ3n) is 4.86. The first-order chi connectivity index (χ1) is 16.4. The van der Waals surface area contributed by atoms with E-state index in [0.717, 1.165) is 32.3 Å². The van der Waals surface area contributed by atoms with Gasteiger partial charge in [0.1, 0.15) is 5.82 Å². The van der Waals surface area contributed by atoms with Crippen LogP contribution in [-0.2, 0) is 12.4 Å². The maximum absolute atomic E-state index is 12.7. The van der Waals surface area contributed by atoms with Gasteiger partial charge in [-0.15, -0.1) is 0 Å². The second kappa shape index (κ2) is 11.1. The molecule has 0 saturated heterocycles. The molecule has 182 valence electrons. The van der Waals surface area contributed by atoms with Gasteiger partial charge in [0.05, 0.1) is 11.1 Å². The highest BCUT2D eigenvalue weighted by Crippen LogP contribution is 2.36.